The molecule has 1 aliphatic heterocycles. The molecular formula is C18H15F2NO. The highest BCUT2D eigenvalue weighted by atomic mass is 19.1. The molecule has 112 valence electrons. The Kier molecular flexibility index (Phi) is 4.36. The van der Waals surface area contributed by atoms with Gasteiger partial charge in [-0.2, -0.15) is 0 Å². The van der Waals surface area contributed by atoms with Crippen molar-refractivity contribution < 1.29 is 13.5 Å². The van der Waals surface area contributed by atoms with Crippen LogP contribution in [0.25, 0.3) is 0 Å². The zero-order chi connectivity index (χ0) is 15.4. The fraction of sp³-hybridized carbons (Fsp3) is 0.222. The zero-order valence-electron chi connectivity index (χ0n) is 12.0. The molecule has 0 N–H and O–H groups in total. The van der Waals surface area contributed by atoms with Crippen molar-refractivity contribution in [2.75, 3.05) is 31.2 Å². The van der Waals surface area contributed by atoms with Crippen LogP contribution in [0.2, 0.25) is 0 Å². The molecule has 4 heteroatoms. The Morgan fingerprint density at radius 2 is 1.50 bits per heavy atom. The zero-order valence-corrected chi connectivity index (χ0v) is 12.0. The van der Waals surface area contributed by atoms with Crippen molar-refractivity contribution in [2.45, 2.75) is 0 Å². The minimum Gasteiger partial charge on any atom is -0.378 e. The number of ether oxygens (including phenoxy) is 1. The van der Waals surface area contributed by atoms with Crippen LogP contribution >= 0.6 is 0 Å². The Hall–Kier alpha value is -2.38. The van der Waals surface area contributed by atoms with E-state index < -0.39 is 11.6 Å². The van der Waals surface area contributed by atoms with Crippen molar-refractivity contribution in [1.29, 1.82) is 0 Å². The summed E-state index contributed by atoms with van der Waals surface area (Å²) in [6, 6.07) is 11.4. The van der Waals surface area contributed by atoms with E-state index >= 15 is 0 Å². The number of morpholine rings is 1. The summed E-state index contributed by atoms with van der Waals surface area (Å²) >= 11 is 0. The Morgan fingerprint density at radius 3 is 2.14 bits per heavy atom. The monoisotopic (exact) mass is 299 g/mol. The van der Waals surface area contributed by atoms with Crippen LogP contribution in [0.1, 0.15) is 11.1 Å². The molecule has 0 bridgehead atoms. The van der Waals surface area contributed by atoms with Crippen LogP contribution in [0.5, 0.6) is 0 Å². The highest BCUT2D eigenvalue weighted by Gasteiger charge is 2.10. The van der Waals surface area contributed by atoms with Crippen LogP contribution in [-0.4, -0.2) is 26.3 Å². The van der Waals surface area contributed by atoms with E-state index in [0.717, 1.165) is 37.6 Å². The Bertz CT molecular complexity index is 690. The van der Waals surface area contributed by atoms with Crippen LogP contribution in [-0.2, 0) is 4.74 Å². The first-order chi connectivity index (χ1) is 10.7. The lowest BCUT2D eigenvalue weighted by Crippen LogP contribution is -2.36. The van der Waals surface area contributed by atoms with Gasteiger partial charge in [0.2, 0.25) is 0 Å². The quantitative estimate of drug-likeness (QED) is 0.750. The van der Waals surface area contributed by atoms with Gasteiger partial charge < -0.3 is 9.64 Å². The molecule has 0 atom stereocenters. The Balaban J connectivity index is 1.78. The topological polar surface area (TPSA) is 12.5 Å². The van der Waals surface area contributed by atoms with E-state index in [2.05, 4.69) is 16.7 Å². The summed E-state index contributed by atoms with van der Waals surface area (Å²) < 4.78 is 32.3. The molecule has 2 nitrogen and oxygen atoms in total. The minimum atomic E-state index is -0.641. The van der Waals surface area contributed by atoms with Gasteiger partial charge in [0.05, 0.1) is 18.8 Å². The third kappa shape index (κ3) is 3.26. The van der Waals surface area contributed by atoms with Crippen LogP contribution in [0.4, 0.5) is 14.5 Å². The molecule has 0 radical (unpaired) electrons. The summed E-state index contributed by atoms with van der Waals surface area (Å²) in [5.74, 6) is 4.08. The van der Waals surface area contributed by atoms with Crippen molar-refractivity contribution in [3.63, 3.8) is 0 Å². The van der Waals surface area contributed by atoms with Gasteiger partial charge in [0, 0.05) is 24.3 Å². The molecule has 0 aromatic heterocycles. The maximum atomic E-state index is 13.5. The molecule has 0 saturated carbocycles. The first kappa shape index (κ1) is 14.6. The molecule has 3 rings (SSSR count). The second-order valence-electron chi connectivity index (χ2n) is 4.99. The highest BCUT2D eigenvalue weighted by molar-refractivity contribution is 5.52. The number of anilines is 1. The number of hydrogen-bond donors (Lipinski definition) is 0. The maximum Gasteiger partial charge on any atom is 0.141 e. The third-order valence-corrected chi connectivity index (χ3v) is 3.54. The van der Waals surface area contributed by atoms with E-state index in [0.29, 0.717) is 0 Å². The second kappa shape index (κ2) is 6.59. The Labute approximate surface area is 128 Å². The molecule has 1 fully saturated rings. The van der Waals surface area contributed by atoms with Gasteiger partial charge in [-0.3, -0.25) is 0 Å². The molecule has 22 heavy (non-hydrogen) atoms. The van der Waals surface area contributed by atoms with Gasteiger partial charge in [-0.25, -0.2) is 8.78 Å². The average Bonchev–Trinajstić information content (AvgIpc) is 2.56. The summed E-state index contributed by atoms with van der Waals surface area (Å²) in [5.41, 5.74) is 1.63. The highest BCUT2D eigenvalue weighted by Crippen LogP contribution is 2.16. The van der Waals surface area contributed by atoms with Gasteiger partial charge in [-0.1, -0.05) is 17.9 Å². The van der Waals surface area contributed by atoms with Crippen molar-refractivity contribution in [3.05, 3.63) is 65.2 Å². The van der Waals surface area contributed by atoms with E-state index in [1.807, 2.05) is 24.3 Å². The van der Waals surface area contributed by atoms with Crippen LogP contribution in [0.15, 0.2) is 42.5 Å². The number of benzene rings is 2. The van der Waals surface area contributed by atoms with Crippen LogP contribution in [0, 0.1) is 23.5 Å². The summed E-state index contributed by atoms with van der Waals surface area (Å²) in [5, 5.41) is 0. The van der Waals surface area contributed by atoms with Gasteiger partial charge >= 0.3 is 0 Å². The summed E-state index contributed by atoms with van der Waals surface area (Å²) in [6.45, 7) is 3.19. The van der Waals surface area contributed by atoms with Crippen molar-refractivity contribution >= 4 is 5.69 Å². The van der Waals surface area contributed by atoms with Crippen molar-refractivity contribution in [1.82, 2.24) is 0 Å². The predicted octanol–water partition coefficient (Wildman–Crippen LogP) is 3.20. The molecule has 0 unspecified atom stereocenters. The van der Waals surface area contributed by atoms with E-state index in [9.17, 15) is 8.78 Å². The molecule has 0 aliphatic carbocycles. The molecule has 2 aromatic carbocycles. The third-order valence-electron chi connectivity index (χ3n) is 3.54. The molecule has 1 aliphatic rings. The summed E-state index contributed by atoms with van der Waals surface area (Å²) in [6.07, 6.45) is 0. The molecule has 1 heterocycles. The lowest BCUT2D eigenvalue weighted by Gasteiger charge is -2.28. The number of rotatable bonds is 1. The van der Waals surface area contributed by atoms with Crippen LogP contribution in [0.3, 0.4) is 0 Å². The molecular weight excluding hydrogens is 284 g/mol. The van der Waals surface area contributed by atoms with E-state index in [-0.39, 0.29) is 5.56 Å². The first-order valence-electron chi connectivity index (χ1n) is 7.13. The fourth-order valence-corrected chi connectivity index (χ4v) is 2.33. The summed E-state index contributed by atoms with van der Waals surface area (Å²) in [4.78, 5) is 2.23. The normalized spacial score (nSPS) is 14.4. The molecule has 0 spiro atoms. The smallest absolute Gasteiger partial charge is 0.141 e. The van der Waals surface area contributed by atoms with E-state index in [1.54, 1.807) is 0 Å². The molecule has 0 amide bonds. The average molecular weight is 299 g/mol. The lowest BCUT2D eigenvalue weighted by molar-refractivity contribution is 0.122. The number of hydrogen-bond acceptors (Lipinski definition) is 2. The SMILES string of the molecule is Fc1cccc(F)c1C#Cc1ccc(N2CCOCC2)cc1. The number of nitrogens with zero attached hydrogens (tertiary/aromatic N) is 1. The van der Waals surface area contributed by atoms with Gasteiger partial charge in [0.25, 0.3) is 0 Å². The van der Waals surface area contributed by atoms with Gasteiger partial charge in [0.1, 0.15) is 11.6 Å². The van der Waals surface area contributed by atoms with Crippen molar-refractivity contribution in [3.8, 4) is 11.8 Å². The van der Waals surface area contributed by atoms with E-state index in [1.165, 1.54) is 18.2 Å². The van der Waals surface area contributed by atoms with Gasteiger partial charge in [0.15, 0.2) is 0 Å². The minimum absolute atomic E-state index is 0.195. The standard InChI is InChI=1S/C18H15F2NO/c19-17-2-1-3-18(20)16(17)9-6-14-4-7-15(8-5-14)21-10-12-22-13-11-21/h1-5,7-8H,10-13H2. The van der Waals surface area contributed by atoms with Crippen molar-refractivity contribution in [2.24, 2.45) is 0 Å². The fourth-order valence-electron chi connectivity index (χ4n) is 2.33. The first-order valence-corrected chi connectivity index (χ1v) is 7.13. The lowest BCUT2D eigenvalue weighted by atomic mass is 10.1. The molecule has 2 aromatic rings. The van der Waals surface area contributed by atoms with E-state index in [4.69, 9.17) is 4.74 Å². The van der Waals surface area contributed by atoms with Gasteiger partial charge in [-0.05, 0) is 36.4 Å². The second-order valence-corrected chi connectivity index (χ2v) is 4.99. The maximum absolute atomic E-state index is 13.5. The Morgan fingerprint density at radius 1 is 0.864 bits per heavy atom. The molecule has 1 saturated heterocycles. The van der Waals surface area contributed by atoms with Crippen LogP contribution < -0.4 is 4.90 Å². The predicted molar refractivity (Wildman–Crippen MR) is 81.8 cm³/mol. The van der Waals surface area contributed by atoms with Gasteiger partial charge in [-0.15, -0.1) is 0 Å². The largest absolute Gasteiger partial charge is 0.378 e. The summed E-state index contributed by atoms with van der Waals surface area (Å²) in [7, 11) is 0. The number of halogens is 2.